The highest BCUT2D eigenvalue weighted by molar-refractivity contribution is 5.97. The highest BCUT2D eigenvalue weighted by atomic mass is 16.5. The first kappa shape index (κ1) is 23.1. The summed E-state index contributed by atoms with van der Waals surface area (Å²) in [6.07, 6.45) is -0.619. The van der Waals surface area contributed by atoms with Gasteiger partial charge in [0.2, 0.25) is 5.91 Å². The number of anilines is 1. The molecule has 2 aromatic carbocycles. The molecule has 2 aromatic rings. The maximum atomic E-state index is 13.1. The summed E-state index contributed by atoms with van der Waals surface area (Å²) < 4.78 is 16.1. The van der Waals surface area contributed by atoms with Crippen molar-refractivity contribution in [3.8, 4) is 11.5 Å². The first-order chi connectivity index (χ1) is 15.3. The summed E-state index contributed by atoms with van der Waals surface area (Å²) in [5.41, 5.74) is 7.67. The van der Waals surface area contributed by atoms with Crippen LogP contribution in [0.5, 0.6) is 11.5 Å². The fourth-order valence-corrected chi connectivity index (χ4v) is 3.89. The van der Waals surface area contributed by atoms with E-state index in [4.69, 9.17) is 19.9 Å². The van der Waals surface area contributed by atoms with Crippen LogP contribution < -0.4 is 20.1 Å². The molecule has 32 heavy (non-hydrogen) atoms. The molecule has 0 spiro atoms. The van der Waals surface area contributed by atoms with Crippen molar-refractivity contribution in [3.05, 3.63) is 53.6 Å². The number of piperidine rings is 1. The molecule has 0 bridgehead atoms. The lowest BCUT2D eigenvalue weighted by atomic mass is 9.83. The normalized spacial score (nSPS) is 19.2. The van der Waals surface area contributed by atoms with Gasteiger partial charge in [0, 0.05) is 12.1 Å². The van der Waals surface area contributed by atoms with E-state index in [0.717, 1.165) is 5.56 Å². The van der Waals surface area contributed by atoms with E-state index in [1.165, 1.54) is 21.1 Å². The number of hydrogen-bond acceptors (Lipinski definition) is 6. The van der Waals surface area contributed by atoms with Gasteiger partial charge in [-0.1, -0.05) is 23.8 Å². The average molecular weight is 440 g/mol. The Morgan fingerprint density at radius 3 is 2.31 bits per heavy atom. The van der Waals surface area contributed by atoms with Crippen LogP contribution in [0.2, 0.25) is 0 Å². The molecule has 1 aliphatic rings. The van der Waals surface area contributed by atoms with Gasteiger partial charge in [0.15, 0.2) is 17.6 Å². The predicted octanol–water partition coefficient (Wildman–Crippen LogP) is 2.91. The van der Waals surface area contributed by atoms with E-state index in [1.807, 2.05) is 31.2 Å². The Balaban J connectivity index is 2.10. The standard InChI is InChI=1S/C24H28N2O6/c1-14-5-8-17(9-6-14)26-21(27)12-10-18(24(29)32-15(2)23(25)28)22(26)16-7-11-19(30-3)20(13-16)31-4/h5-9,11,13,15,18,22H,10,12H2,1-4H3,(H2,25,28)/t15-,18-,22+/m0/s1. The van der Waals surface area contributed by atoms with E-state index >= 15 is 0 Å². The number of methoxy groups -OCH3 is 2. The largest absolute Gasteiger partial charge is 0.493 e. The summed E-state index contributed by atoms with van der Waals surface area (Å²) in [7, 11) is 3.05. The summed E-state index contributed by atoms with van der Waals surface area (Å²) in [4.78, 5) is 39.2. The van der Waals surface area contributed by atoms with E-state index < -0.39 is 29.9 Å². The van der Waals surface area contributed by atoms with Crippen molar-refractivity contribution in [1.29, 1.82) is 0 Å². The summed E-state index contributed by atoms with van der Waals surface area (Å²) in [6, 6.07) is 12.1. The van der Waals surface area contributed by atoms with Gasteiger partial charge < -0.3 is 24.8 Å². The van der Waals surface area contributed by atoms with Crippen LogP contribution in [0.4, 0.5) is 5.69 Å². The van der Waals surface area contributed by atoms with Crippen LogP contribution in [0.1, 0.15) is 36.9 Å². The number of benzene rings is 2. The number of ether oxygens (including phenoxy) is 3. The van der Waals surface area contributed by atoms with Gasteiger partial charge in [-0.3, -0.25) is 14.4 Å². The first-order valence-corrected chi connectivity index (χ1v) is 10.4. The van der Waals surface area contributed by atoms with Crippen LogP contribution in [0.3, 0.4) is 0 Å². The highest BCUT2D eigenvalue weighted by Crippen LogP contribution is 2.43. The number of aryl methyl sites for hydroxylation is 1. The lowest BCUT2D eigenvalue weighted by Gasteiger charge is -2.40. The minimum atomic E-state index is -1.07. The molecule has 0 saturated carbocycles. The lowest BCUT2D eigenvalue weighted by molar-refractivity contribution is -0.159. The van der Waals surface area contributed by atoms with Crippen molar-refractivity contribution in [2.24, 2.45) is 11.7 Å². The van der Waals surface area contributed by atoms with Crippen LogP contribution in [-0.4, -0.2) is 38.1 Å². The van der Waals surface area contributed by atoms with Crippen LogP contribution in [0, 0.1) is 12.8 Å². The topological polar surface area (TPSA) is 108 Å². The number of hydrogen-bond donors (Lipinski definition) is 1. The highest BCUT2D eigenvalue weighted by Gasteiger charge is 2.43. The molecule has 1 saturated heterocycles. The third-order valence-electron chi connectivity index (χ3n) is 5.65. The molecule has 1 heterocycles. The Hall–Kier alpha value is -3.55. The Kier molecular flexibility index (Phi) is 7.02. The Bertz CT molecular complexity index is 1000. The van der Waals surface area contributed by atoms with E-state index in [0.29, 0.717) is 22.7 Å². The number of rotatable bonds is 7. The monoisotopic (exact) mass is 440 g/mol. The molecule has 1 aliphatic heterocycles. The number of nitrogens with zero attached hydrogens (tertiary/aromatic N) is 1. The molecule has 2 amide bonds. The number of nitrogens with two attached hydrogens (primary N) is 1. The van der Waals surface area contributed by atoms with Gasteiger partial charge in [-0.2, -0.15) is 0 Å². The van der Waals surface area contributed by atoms with Crippen LogP contribution in [-0.2, 0) is 19.1 Å². The summed E-state index contributed by atoms with van der Waals surface area (Å²) in [5, 5.41) is 0. The Morgan fingerprint density at radius 2 is 1.72 bits per heavy atom. The van der Waals surface area contributed by atoms with Gasteiger partial charge in [-0.05, 0) is 50.1 Å². The summed E-state index contributed by atoms with van der Waals surface area (Å²) in [6.45, 7) is 3.39. The molecule has 8 nitrogen and oxygen atoms in total. The molecule has 0 aliphatic carbocycles. The fraction of sp³-hybridized carbons (Fsp3) is 0.375. The zero-order chi connectivity index (χ0) is 23.4. The van der Waals surface area contributed by atoms with E-state index in [1.54, 1.807) is 23.1 Å². The van der Waals surface area contributed by atoms with Crippen LogP contribution >= 0.6 is 0 Å². The SMILES string of the molecule is COc1ccc([C@@H]2[C@@H](C(=O)O[C@@H](C)C(N)=O)CCC(=O)N2c2ccc(C)cc2)cc1OC. The summed E-state index contributed by atoms with van der Waals surface area (Å²) >= 11 is 0. The van der Waals surface area contributed by atoms with Gasteiger partial charge in [0.25, 0.3) is 5.91 Å². The van der Waals surface area contributed by atoms with Crippen LogP contribution in [0.15, 0.2) is 42.5 Å². The maximum Gasteiger partial charge on any atom is 0.312 e. The van der Waals surface area contributed by atoms with Crippen molar-refractivity contribution >= 4 is 23.5 Å². The van der Waals surface area contributed by atoms with Crippen molar-refractivity contribution in [1.82, 2.24) is 0 Å². The zero-order valence-corrected chi connectivity index (χ0v) is 18.7. The van der Waals surface area contributed by atoms with Gasteiger partial charge in [-0.25, -0.2) is 0 Å². The van der Waals surface area contributed by atoms with Gasteiger partial charge in [-0.15, -0.1) is 0 Å². The molecule has 0 unspecified atom stereocenters. The van der Waals surface area contributed by atoms with Crippen molar-refractivity contribution in [3.63, 3.8) is 0 Å². The minimum absolute atomic E-state index is 0.111. The maximum absolute atomic E-state index is 13.1. The third-order valence-corrected chi connectivity index (χ3v) is 5.65. The molecule has 3 rings (SSSR count). The van der Waals surface area contributed by atoms with Gasteiger partial charge in [0.05, 0.1) is 26.2 Å². The van der Waals surface area contributed by atoms with Gasteiger partial charge in [0.1, 0.15) is 0 Å². The van der Waals surface area contributed by atoms with Gasteiger partial charge >= 0.3 is 5.97 Å². The molecule has 0 aromatic heterocycles. The number of carbonyl (C=O) groups is 3. The van der Waals surface area contributed by atoms with E-state index in [2.05, 4.69) is 0 Å². The van der Waals surface area contributed by atoms with Crippen molar-refractivity contribution < 1.29 is 28.6 Å². The van der Waals surface area contributed by atoms with E-state index in [-0.39, 0.29) is 18.7 Å². The average Bonchev–Trinajstić information content (AvgIpc) is 2.78. The molecular weight excluding hydrogens is 412 g/mol. The molecular formula is C24H28N2O6. The third kappa shape index (κ3) is 4.69. The molecule has 3 atom stereocenters. The molecule has 2 N–H and O–H groups in total. The fourth-order valence-electron chi connectivity index (χ4n) is 3.89. The second-order valence-corrected chi connectivity index (χ2v) is 7.79. The number of esters is 1. The second-order valence-electron chi connectivity index (χ2n) is 7.79. The quantitative estimate of drug-likeness (QED) is 0.663. The molecule has 8 heteroatoms. The Labute approximate surface area is 187 Å². The predicted molar refractivity (Wildman–Crippen MR) is 118 cm³/mol. The number of carbonyl (C=O) groups excluding carboxylic acids is 3. The lowest BCUT2D eigenvalue weighted by Crippen LogP contribution is -2.47. The summed E-state index contributed by atoms with van der Waals surface area (Å²) in [5.74, 6) is -1.12. The number of primary amides is 1. The Morgan fingerprint density at radius 1 is 1.06 bits per heavy atom. The van der Waals surface area contributed by atoms with Crippen molar-refractivity contribution in [2.75, 3.05) is 19.1 Å². The second kappa shape index (κ2) is 9.72. The molecule has 170 valence electrons. The molecule has 0 radical (unpaired) electrons. The van der Waals surface area contributed by atoms with Crippen LogP contribution in [0.25, 0.3) is 0 Å². The van der Waals surface area contributed by atoms with E-state index in [9.17, 15) is 14.4 Å². The van der Waals surface area contributed by atoms with Crippen molar-refractivity contribution in [2.45, 2.75) is 38.8 Å². The minimum Gasteiger partial charge on any atom is -0.493 e. The zero-order valence-electron chi connectivity index (χ0n) is 18.7. The first-order valence-electron chi connectivity index (χ1n) is 10.4. The smallest absolute Gasteiger partial charge is 0.312 e. The number of amides is 2. The molecule has 1 fully saturated rings.